The van der Waals surface area contributed by atoms with Crippen LogP contribution in [0.4, 0.5) is 11.4 Å². The number of piperazine rings is 1. The van der Waals surface area contributed by atoms with Crippen LogP contribution < -0.4 is 10.2 Å². The molecule has 5 rings (SSSR count). The highest BCUT2D eigenvalue weighted by Crippen LogP contribution is 2.31. The van der Waals surface area contributed by atoms with Gasteiger partial charge in [-0.15, -0.1) is 11.3 Å². The van der Waals surface area contributed by atoms with Gasteiger partial charge in [-0.1, -0.05) is 12.1 Å². The molecule has 0 bridgehead atoms. The summed E-state index contributed by atoms with van der Waals surface area (Å²) in [4.78, 5) is 27.5. The average molecular weight is 434 g/mol. The molecule has 1 aliphatic heterocycles. The third kappa shape index (κ3) is 4.78. The van der Waals surface area contributed by atoms with E-state index in [9.17, 15) is 4.79 Å². The predicted octanol–water partition coefficient (Wildman–Crippen LogP) is 4.30. The quantitative estimate of drug-likeness (QED) is 0.628. The van der Waals surface area contributed by atoms with E-state index in [0.717, 1.165) is 54.2 Å². The van der Waals surface area contributed by atoms with Crippen LogP contribution in [-0.2, 0) is 0 Å². The van der Waals surface area contributed by atoms with E-state index >= 15 is 0 Å². The molecule has 1 saturated carbocycles. The summed E-state index contributed by atoms with van der Waals surface area (Å²) in [5.74, 6) is 0.821. The zero-order valence-electron chi connectivity index (χ0n) is 17.8. The van der Waals surface area contributed by atoms with Gasteiger partial charge < -0.3 is 10.2 Å². The SMILES string of the molecule is Cc1nc(-c2ccccn2)sc1C(=O)Nc1cccc(N2CCN(CC3CC3)CC2)c1. The number of anilines is 2. The van der Waals surface area contributed by atoms with Crippen LogP contribution in [0, 0.1) is 12.8 Å². The largest absolute Gasteiger partial charge is 0.369 e. The minimum absolute atomic E-state index is 0.122. The molecule has 31 heavy (non-hydrogen) atoms. The van der Waals surface area contributed by atoms with Crippen LogP contribution in [-0.4, -0.2) is 53.5 Å². The summed E-state index contributed by atoms with van der Waals surface area (Å²) < 4.78 is 0. The van der Waals surface area contributed by atoms with Crippen molar-refractivity contribution in [1.29, 1.82) is 0 Å². The van der Waals surface area contributed by atoms with Crippen LogP contribution in [0.2, 0.25) is 0 Å². The molecule has 1 N–H and O–H groups in total. The number of aryl methyl sites for hydroxylation is 1. The monoisotopic (exact) mass is 433 g/mol. The van der Waals surface area contributed by atoms with Gasteiger partial charge in [0, 0.05) is 50.3 Å². The number of benzene rings is 1. The van der Waals surface area contributed by atoms with Crippen LogP contribution in [0.3, 0.4) is 0 Å². The van der Waals surface area contributed by atoms with E-state index in [-0.39, 0.29) is 5.91 Å². The number of hydrogen-bond acceptors (Lipinski definition) is 6. The molecular weight excluding hydrogens is 406 g/mol. The first-order valence-corrected chi connectivity index (χ1v) is 11.7. The maximum atomic E-state index is 12.9. The Morgan fingerprint density at radius 3 is 2.71 bits per heavy atom. The first-order chi connectivity index (χ1) is 15.2. The minimum atomic E-state index is -0.122. The van der Waals surface area contributed by atoms with Crippen molar-refractivity contribution in [3.05, 3.63) is 59.2 Å². The maximum Gasteiger partial charge on any atom is 0.267 e. The maximum absolute atomic E-state index is 12.9. The second kappa shape index (κ2) is 8.77. The van der Waals surface area contributed by atoms with E-state index in [2.05, 4.69) is 37.2 Å². The number of rotatable bonds is 6. The van der Waals surface area contributed by atoms with Gasteiger partial charge in [0.2, 0.25) is 0 Å². The standard InChI is InChI=1S/C24H27N5OS/c1-17-22(31-24(26-17)21-7-2-3-10-25-21)23(30)27-19-5-4-6-20(15-19)29-13-11-28(12-14-29)16-18-8-9-18/h2-7,10,15,18H,8-9,11-14,16H2,1H3,(H,27,30). The second-order valence-corrected chi connectivity index (χ2v) is 9.38. The van der Waals surface area contributed by atoms with E-state index in [4.69, 9.17) is 0 Å². The third-order valence-corrected chi connectivity index (χ3v) is 7.12. The molecule has 0 spiro atoms. The molecule has 2 aromatic heterocycles. The fourth-order valence-corrected chi connectivity index (χ4v) is 4.97. The Labute approximate surface area is 186 Å². The lowest BCUT2D eigenvalue weighted by Gasteiger charge is -2.36. The Morgan fingerprint density at radius 2 is 1.97 bits per heavy atom. The van der Waals surface area contributed by atoms with Crippen LogP contribution in [0.1, 0.15) is 28.2 Å². The van der Waals surface area contributed by atoms with Crippen molar-refractivity contribution < 1.29 is 4.79 Å². The molecule has 6 nitrogen and oxygen atoms in total. The van der Waals surface area contributed by atoms with Gasteiger partial charge in [0.15, 0.2) is 0 Å². The van der Waals surface area contributed by atoms with Crippen molar-refractivity contribution >= 4 is 28.6 Å². The van der Waals surface area contributed by atoms with Crippen molar-refractivity contribution in [2.75, 3.05) is 42.9 Å². The molecule has 1 saturated heterocycles. The summed E-state index contributed by atoms with van der Waals surface area (Å²) in [7, 11) is 0. The minimum Gasteiger partial charge on any atom is -0.369 e. The lowest BCUT2D eigenvalue weighted by atomic mass is 10.2. The number of pyridine rings is 1. The number of nitrogens with one attached hydrogen (secondary N) is 1. The summed E-state index contributed by atoms with van der Waals surface area (Å²) in [5.41, 5.74) is 3.50. The third-order valence-electron chi connectivity index (χ3n) is 5.94. The number of carbonyl (C=O) groups is 1. The number of thiazole rings is 1. The Kier molecular flexibility index (Phi) is 5.70. The summed E-state index contributed by atoms with van der Waals surface area (Å²) in [6.45, 7) is 7.43. The predicted molar refractivity (Wildman–Crippen MR) is 126 cm³/mol. The normalized spacial score (nSPS) is 17.0. The zero-order chi connectivity index (χ0) is 21.2. The highest BCUT2D eigenvalue weighted by atomic mass is 32.1. The first-order valence-electron chi connectivity index (χ1n) is 10.9. The van der Waals surface area contributed by atoms with Gasteiger partial charge in [0.05, 0.1) is 11.4 Å². The Morgan fingerprint density at radius 1 is 1.13 bits per heavy atom. The average Bonchev–Trinajstić information content (AvgIpc) is 3.53. The van der Waals surface area contributed by atoms with Crippen molar-refractivity contribution in [2.24, 2.45) is 5.92 Å². The molecule has 1 aromatic carbocycles. The lowest BCUT2D eigenvalue weighted by Crippen LogP contribution is -2.47. The van der Waals surface area contributed by atoms with E-state index in [0.29, 0.717) is 4.88 Å². The molecule has 0 atom stereocenters. The molecule has 160 valence electrons. The van der Waals surface area contributed by atoms with E-state index in [1.54, 1.807) is 6.20 Å². The van der Waals surface area contributed by atoms with Crippen molar-refractivity contribution in [2.45, 2.75) is 19.8 Å². The number of aromatic nitrogens is 2. The summed E-state index contributed by atoms with van der Waals surface area (Å²) in [5, 5.41) is 3.83. The van der Waals surface area contributed by atoms with Crippen molar-refractivity contribution in [3.8, 4) is 10.7 Å². The van der Waals surface area contributed by atoms with E-state index in [1.807, 2.05) is 37.3 Å². The fourth-order valence-electron chi connectivity index (χ4n) is 4.03. The molecule has 1 amide bonds. The van der Waals surface area contributed by atoms with Crippen LogP contribution in [0.15, 0.2) is 48.7 Å². The molecule has 7 heteroatoms. The molecule has 0 radical (unpaired) electrons. The van der Waals surface area contributed by atoms with Crippen LogP contribution >= 0.6 is 11.3 Å². The Balaban J connectivity index is 1.24. The molecule has 3 aromatic rings. The van der Waals surface area contributed by atoms with Gasteiger partial charge in [-0.3, -0.25) is 14.7 Å². The van der Waals surface area contributed by atoms with Crippen LogP contribution in [0.5, 0.6) is 0 Å². The summed E-state index contributed by atoms with van der Waals surface area (Å²) >= 11 is 1.38. The number of amides is 1. The van der Waals surface area contributed by atoms with Crippen molar-refractivity contribution in [3.63, 3.8) is 0 Å². The van der Waals surface area contributed by atoms with E-state index in [1.165, 1.54) is 36.4 Å². The smallest absolute Gasteiger partial charge is 0.267 e. The molecule has 1 aliphatic carbocycles. The van der Waals surface area contributed by atoms with Gasteiger partial charge in [0.1, 0.15) is 9.88 Å². The zero-order valence-corrected chi connectivity index (χ0v) is 18.6. The molecule has 2 fully saturated rings. The van der Waals surface area contributed by atoms with Gasteiger partial charge in [0.25, 0.3) is 5.91 Å². The van der Waals surface area contributed by atoms with Gasteiger partial charge >= 0.3 is 0 Å². The van der Waals surface area contributed by atoms with E-state index < -0.39 is 0 Å². The Hall–Kier alpha value is -2.77. The molecule has 2 aliphatic rings. The molecule has 0 unspecified atom stereocenters. The summed E-state index contributed by atoms with van der Waals surface area (Å²) in [6.07, 6.45) is 4.55. The lowest BCUT2D eigenvalue weighted by molar-refractivity contribution is 0.103. The number of nitrogens with zero attached hydrogens (tertiary/aromatic N) is 4. The topological polar surface area (TPSA) is 61.4 Å². The highest BCUT2D eigenvalue weighted by Gasteiger charge is 2.26. The molecular formula is C24H27N5OS. The van der Waals surface area contributed by atoms with Gasteiger partial charge in [-0.05, 0) is 56.0 Å². The number of hydrogen-bond donors (Lipinski definition) is 1. The van der Waals surface area contributed by atoms with Crippen LogP contribution in [0.25, 0.3) is 10.7 Å². The van der Waals surface area contributed by atoms with Gasteiger partial charge in [-0.2, -0.15) is 0 Å². The highest BCUT2D eigenvalue weighted by molar-refractivity contribution is 7.17. The molecule has 3 heterocycles. The Bertz CT molecular complexity index is 1050. The first kappa shape index (κ1) is 20.2. The second-order valence-electron chi connectivity index (χ2n) is 8.38. The van der Waals surface area contributed by atoms with Crippen molar-refractivity contribution in [1.82, 2.24) is 14.9 Å². The summed E-state index contributed by atoms with van der Waals surface area (Å²) in [6, 6.07) is 13.9. The number of carbonyl (C=O) groups excluding carboxylic acids is 1. The van der Waals surface area contributed by atoms with Gasteiger partial charge in [-0.25, -0.2) is 4.98 Å². The fraction of sp³-hybridized carbons (Fsp3) is 0.375.